The molecule has 4 nitrogen and oxygen atoms in total. The Morgan fingerprint density at radius 3 is 2.59 bits per heavy atom. The number of benzene rings is 1. The van der Waals surface area contributed by atoms with E-state index in [1.54, 1.807) is 18.0 Å². The third-order valence-corrected chi connectivity index (χ3v) is 2.81. The van der Waals surface area contributed by atoms with Gasteiger partial charge in [0.15, 0.2) is 5.60 Å². The minimum absolute atomic E-state index is 0.0353. The summed E-state index contributed by atoms with van der Waals surface area (Å²) in [5, 5.41) is 19.1. The monoisotopic (exact) mass is 257 g/mol. The predicted octanol–water partition coefficient (Wildman–Crippen LogP) is 1.61. The molecule has 0 fully saturated rings. The fourth-order valence-electron chi connectivity index (χ4n) is 1.57. The molecule has 1 aromatic rings. The van der Waals surface area contributed by atoms with Gasteiger partial charge in [0.25, 0.3) is 0 Å². The fourth-order valence-corrected chi connectivity index (χ4v) is 1.76. The number of carboxylic acids is 1. The Morgan fingerprint density at radius 2 is 2.06 bits per heavy atom. The SMILES string of the molecule is CN(Cc1ccccc1Cl)CC(C)(O)C(=O)O. The summed E-state index contributed by atoms with van der Waals surface area (Å²) < 4.78 is 0. The van der Waals surface area contributed by atoms with E-state index < -0.39 is 11.6 Å². The van der Waals surface area contributed by atoms with E-state index in [4.69, 9.17) is 16.7 Å². The minimum Gasteiger partial charge on any atom is -0.479 e. The summed E-state index contributed by atoms with van der Waals surface area (Å²) in [5.74, 6) is -1.23. The van der Waals surface area contributed by atoms with E-state index >= 15 is 0 Å². The Bertz CT molecular complexity index is 406. The first-order valence-corrected chi connectivity index (χ1v) is 5.58. The van der Waals surface area contributed by atoms with Crippen LogP contribution in [-0.2, 0) is 11.3 Å². The van der Waals surface area contributed by atoms with Crippen molar-refractivity contribution in [2.24, 2.45) is 0 Å². The Hall–Kier alpha value is -1.10. The van der Waals surface area contributed by atoms with Gasteiger partial charge in [0.05, 0.1) is 0 Å². The molecule has 0 aliphatic carbocycles. The van der Waals surface area contributed by atoms with Crippen molar-refractivity contribution in [1.82, 2.24) is 4.90 Å². The highest BCUT2D eigenvalue weighted by Crippen LogP contribution is 2.17. The molecule has 5 heteroatoms. The molecule has 1 unspecified atom stereocenters. The zero-order valence-corrected chi connectivity index (χ0v) is 10.6. The first-order chi connectivity index (χ1) is 7.83. The van der Waals surface area contributed by atoms with Crippen LogP contribution in [0.3, 0.4) is 0 Å². The highest BCUT2D eigenvalue weighted by molar-refractivity contribution is 6.31. The largest absolute Gasteiger partial charge is 0.479 e. The van der Waals surface area contributed by atoms with Crippen LogP contribution in [0.2, 0.25) is 5.02 Å². The van der Waals surface area contributed by atoms with Gasteiger partial charge in [-0.05, 0) is 25.6 Å². The van der Waals surface area contributed by atoms with Crippen LogP contribution >= 0.6 is 11.6 Å². The van der Waals surface area contributed by atoms with Gasteiger partial charge >= 0.3 is 5.97 Å². The van der Waals surface area contributed by atoms with Crippen LogP contribution in [0.15, 0.2) is 24.3 Å². The molecule has 1 aromatic carbocycles. The summed E-state index contributed by atoms with van der Waals surface area (Å²) >= 11 is 6.00. The first kappa shape index (κ1) is 14.0. The number of carbonyl (C=O) groups is 1. The van der Waals surface area contributed by atoms with Crippen molar-refractivity contribution in [1.29, 1.82) is 0 Å². The summed E-state index contributed by atoms with van der Waals surface area (Å²) in [6, 6.07) is 7.35. The van der Waals surface area contributed by atoms with Gasteiger partial charge in [-0.2, -0.15) is 0 Å². The molecule has 0 bridgehead atoms. The zero-order chi connectivity index (χ0) is 13.1. The molecular formula is C12H16ClNO3. The van der Waals surface area contributed by atoms with Crippen molar-refractivity contribution >= 4 is 17.6 Å². The summed E-state index contributed by atoms with van der Waals surface area (Å²) in [7, 11) is 1.74. The number of rotatable bonds is 5. The smallest absolute Gasteiger partial charge is 0.336 e. The zero-order valence-electron chi connectivity index (χ0n) is 9.85. The van der Waals surface area contributed by atoms with Gasteiger partial charge in [-0.3, -0.25) is 4.90 Å². The summed E-state index contributed by atoms with van der Waals surface area (Å²) in [6.07, 6.45) is 0. The van der Waals surface area contributed by atoms with Gasteiger partial charge in [-0.25, -0.2) is 4.79 Å². The Morgan fingerprint density at radius 1 is 1.47 bits per heavy atom. The van der Waals surface area contributed by atoms with E-state index in [0.717, 1.165) is 5.56 Å². The van der Waals surface area contributed by atoms with E-state index in [-0.39, 0.29) is 6.54 Å². The van der Waals surface area contributed by atoms with E-state index in [1.165, 1.54) is 6.92 Å². The van der Waals surface area contributed by atoms with Crippen LogP contribution in [0, 0.1) is 0 Å². The van der Waals surface area contributed by atoms with Gasteiger partial charge in [-0.15, -0.1) is 0 Å². The van der Waals surface area contributed by atoms with Crippen molar-refractivity contribution in [3.63, 3.8) is 0 Å². The van der Waals surface area contributed by atoms with Crippen molar-refractivity contribution in [2.45, 2.75) is 19.1 Å². The number of aliphatic hydroxyl groups is 1. The number of carboxylic acid groups (broad SMARTS) is 1. The molecular weight excluding hydrogens is 242 g/mol. The molecule has 94 valence electrons. The van der Waals surface area contributed by atoms with Gasteiger partial charge in [0.2, 0.25) is 0 Å². The average molecular weight is 258 g/mol. The molecule has 1 atom stereocenters. The van der Waals surface area contributed by atoms with Crippen LogP contribution < -0.4 is 0 Å². The highest BCUT2D eigenvalue weighted by Gasteiger charge is 2.31. The normalized spacial score (nSPS) is 14.6. The molecule has 0 saturated carbocycles. The van der Waals surface area contributed by atoms with Gasteiger partial charge < -0.3 is 10.2 Å². The van der Waals surface area contributed by atoms with Gasteiger partial charge in [0, 0.05) is 18.1 Å². The molecule has 0 spiro atoms. The van der Waals surface area contributed by atoms with Crippen LogP contribution in [0.1, 0.15) is 12.5 Å². The van der Waals surface area contributed by atoms with Gasteiger partial charge in [-0.1, -0.05) is 29.8 Å². The van der Waals surface area contributed by atoms with E-state index in [0.29, 0.717) is 11.6 Å². The Labute approximate surface area is 105 Å². The maximum Gasteiger partial charge on any atom is 0.336 e. The van der Waals surface area contributed by atoms with E-state index in [9.17, 15) is 9.90 Å². The second-order valence-electron chi connectivity index (χ2n) is 4.34. The minimum atomic E-state index is -1.75. The molecule has 0 radical (unpaired) electrons. The predicted molar refractivity (Wildman–Crippen MR) is 66.0 cm³/mol. The molecule has 0 aromatic heterocycles. The standard InChI is InChI=1S/C12H16ClNO3/c1-12(17,11(15)16)8-14(2)7-9-5-3-4-6-10(9)13/h3-6,17H,7-8H2,1-2H3,(H,15,16). The lowest BCUT2D eigenvalue weighted by atomic mass is 10.1. The molecule has 0 aliphatic rings. The quantitative estimate of drug-likeness (QED) is 0.841. The summed E-state index contributed by atoms with van der Waals surface area (Å²) in [4.78, 5) is 12.5. The van der Waals surface area contributed by atoms with E-state index in [1.807, 2.05) is 18.2 Å². The van der Waals surface area contributed by atoms with Crippen LogP contribution in [0.5, 0.6) is 0 Å². The number of aliphatic carboxylic acids is 1. The summed E-state index contributed by atoms with van der Waals surface area (Å²) in [5.41, 5.74) is -0.853. The Kier molecular flexibility index (Phi) is 4.51. The number of nitrogens with zero attached hydrogens (tertiary/aromatic N) is 1. The highest BCUT2D eigenvalue weighted by atomic mass is 35.5. The lowest BCUT2D eigenvalue weighted by Crippen LogP contribution is -2.45. The lowest BCUT2D eigenvalue weighted by molar-refractivity contribution is -0.158. The molecule has 0 heterocycles. The topological polar surface area (TPSA) is 60.8 Å². The maximum absolute atomic E-state index is 10.8. The maximum atomic E-state index is 10.8. The van der Waals surface area contributed by atoms with Crippen molar-refractivity contribution < 1.29 is 15.0 Å². The van der Waals surface area contributed by atoms with Crippen LogP contribution in [0.4, 0.5) is 0 Å². The van der Waals surface area contributed by atoms with Gasteiger partial charge in [0.1, 0.15) is 0 Å². The number of hydrogen-bond donors (Lipinski definition) is 2. The number of halogens is 1. The third kappa shape index (κ3) is 4.00. The number of likely N-dealkylation sites (N-methyl/N-ethyl adjacent to an activating group) is 1. The molecule has 0 saturated heterocycles. The second-order valence-corrected chi connectivity index (χ2v) is 4.75. The molecule has 0 amide bonds. The average Bonchev–Trinajstić information content (AvgIpc) is 2.20. The number of hydrogen-bond acceptors (Lipinski definition) is 3. The lowest BCUT2D eigenvalue weighted by Gasteiger charge is -2.25. The van der Waals surface area contributed by atoms with Crippen molar-refractivity contribution in [3.8, 4) is 0 Å². The van der Waals surface area contributed by atoms with Crippen LogP contribution in [-0.4, -0.2) is 40.3 Å². The van der Waals surface area contributed by atoms with Crippen molar-refractivity contribution in [3.05, 3.63) is 34.9 Å². The molecule has 1 rings (SSSR count). The Balaban J connectivity index is 2.65. The van der Waals surface area contributed by atoms with E-state index in [2.05, 4.69) is 0 Å². The van der Waals surface area contributed by atoms with Crippen molar-refractivity contribution in [2.75, 3.05) is 13.6 Å². The second kappa shape index (κ2) is 5.49. The first-order valence-electron chi connectivity index (χ1n) is 5.20. The molecule has 2 N–H and O–H groups in total. The van der Waals surface area contributed by atoms with Crippen LogP contribution in [0.25, 0.3) is 0 Å². The molecule has 17 heavy (non-hydrogen) atoms. The third-order valence-electron chi connectivity index (χ3n) is 2.44. The fraction of sp³-hybridized carbons (Fsp3) is 0.417. The molecule has 0 aliphatic heterocycles. The summed E-state index contributed by atoms with van der Waals surface area (Å²) in [6.45, 7) is 1.80.